The van der Waals surface area contributed by atoms with Crippen molar-refractivity contribution >= 4 is 29.7 Å². The van der Waals surface area contributed by atoms with E-state index in [0.717, 1.165) is 18.2 Å². The number of aliphatic carboxylic acids is 1. The van der Waals surface area contributed by atoms with E-state index < -0.39 is 84.1 Å². The van der Waals surface area contributed by atoms with E-state index in [0.29, 0.717) is 5.56 Å². The molecule has 2 fully saturated rings. The Bertz CT molecular complexity index is 1590. The summed E-state index contributed by atoms with van der Waals surface area (Å²) in [4.78, 5) is 39.2. The lowest BCUT2D eigenvalue weighted by atomic mass is 9.60. The fourth-order valence-corrected chi connectivity index (χ4v) is 6.54. The van der Waals surface area contributed by atoms with Gasteiger partial charge in [-0.3, -0.25) is 9.59 Å². The number of phenols is 3. The van der Waals surface area contributed by atoms with Crippen molar-refractivity contribution in [3.05, 3.63) is 59.2 Å². The Labute approximate surface area is 281 Å². The minimum atomic E-state index is -2.19. The molecule has 4 rings (SSSR count). The highest BCUT2D eigenvalue weighted by atomic mass is 16.6. The molecule has 1 aliphatic carbocycles. The number of carboxylic acid groups (broad SMARTS) is 1. The molecule has 49 heavy (non-hydrogen) atoms. The van der Waals surface area contributed by atoms with E-state index in [9.17, 15) is 50.1 Å². The molecular formula is C34H42N2O13. The van der Waals surface area contributed by atoms with E-state index in [1.165, 1.54) is 37.4 Å². The quantitative estimate of drug-likeness (QED) is 0.0897. The van der Waals surface area contributed by atoms with Crippen LogP contribution in [0, 0.1) is 5.92 Å². The van der Waals surface area contributed by atoms with Gasteiger partial charge in [-0.05, 0) is 73.0 Å². The van der Waals surface area contributed by atoms with Gasteiger partial charge in [0.15, 0.2) is 40.2 Å². The molecule has 266 valence electrons. The molecule has 0 bridgehead atoms. The number of carboxylic acids is 1. The summed E-state index contributed by atoms with van der Waals surface area (Å²) in [6.07, 6.45) is -0.0886. The number of carbonyl (C=O) groups excluding carboxylic acids is 2. The molecule has 2 aliphatic rings. The molecule has 0 aromatic heterocycles. The number of nitrogens with one attached hydrogen (secondary N) is 1. The number of nitrogens with two attached hydrogens (primary N) is 1. The Morgan fingerprint density at radius 2 is 1.78 bits per heavy atom. The van der Waals surface area contributed by atoms with Crippen LogP contribution in [0.25, 0.3) is 12.2 Å². The number of likely N-dealkylation sites (N-methyl/N-ethyl adjacent to an activating group) is 1. The Morgan fingerprint density at radius 1 is 1.04 bits per heavy atom. The maximum absolute atomic E-state index is 13.3. The van der Waals surface area contributed by atoms with Crippen molar-refractivity contribution in [2.75, 3.05) is 33.4 Å². The molecule has 0 radical (unpaired) electrons. The number of rotatable bonds is 15. The smallest absolute Gasteiger partial charge is 0.336 e. The molecule has 1 aliphatic heterocycles. The lowest BCUT2D eigenvalue weighted by Gasteiger charge is -2.58. The van der Waals surface area contributed by atoms with Crippen molar-refractivity contribution in [1.29, 1.82) is 0 Å². The van der Waals surface area contributed by atoms with Crippen molar-refractivity contribution in [3.8, 4) is 23.0 Å². The average Bonchev–Trinajstić information content (AvgIpc) is 3.08. The average molecular weight is 687 g/mol. The molecule has 10 N–H and O–H groups in total. The first-order valence-electron chi connectivity index (χ1n) is 15.6. The number of ketones is 2. The predicted octanol–water partition coefficient (Wildman–Crippen LogP) is 0.217. The van der Waals surface area contributed by atoms with E-state index in [4.69, 9.17) is 19.9 Å². The third kappa shape index (κ3) is 7.94. The van der Waals surface area contributed by atoms with E-state index >= 15 is 0 Å². The van der Waals surface area contributed by atoms with Gasteiger partial charge < -0.3 is 61.0 Å². The zero-order valence-electron chi connectivity index (χ0n) is 26.8. The highest BCUT2D eigenvalue weighted by Crippen LogP contribution is 2.51. The summed E-state index contributed by atoms with van der Waals surface area (Å²) in [5, 5.41) is 75.0. The highest BCUT2D eigenvalue weighted by Gasteiger charge is 2.67. The van der Waals surface area contributed by atoms with Crippen molar-refractivity contribution in [2.45, 2.75) is 55.4 Å². The van der Waals surface area contributed by atoms with Gasteiger partial charge in [-0.25, -0.2) is 4.79 Å². The van der Waals surface area contributed by atoms with Crippen LogP contribution in [0.2, 0.25) is 0 Å². The molecule has 2 aromatic rings. The van der Waals surface area contributed by atoms with E-state index in [-0.39, 0.29) is 55.2 Å². The van der Waals surface area contributed by atoms with Crippen LogP contribution in [0.3, 0.4) is 0 Å². The van der Waals surface area contributed by atoms with Gasteiger partial charge in [0.1, 0.15) is 31.0 Å². The normalized spacial score (nSPS) is 26.9. The Balaban J connectivity index is 1.55. The molecule has 15 nitrogen and oxygen atoms in total. The van der Waals surface area contributed by atoms with Crippen molar-refractivity contribution in [1.82, 2.24) is 5.32 Å². The van der Waals surface area contributed by atoms with Crippen LogP contribution >= 0.6 is 0 Å². The minimum Gasteiger partial charge on any atom is -0.504 e. The number of phenolic OH excluding ortho intramolecular Hbond substituents is 3. The summed E-state index contributed by atoms with van der Waals surface area (Å²) in [5.41, 5.74) is 2.31. The second-order valence-corrected chi connectivity index (χ2v) is 12.0. The van der Waals surface area contributed by atoms with Gasteiger partial charge in [0, 0.05) is 25.4 Å². The fourth-order valence-electron chi connectivity index (χ4n) is 6.54. The maximum Gasteiger partial charge on any atom is 0.336 e. The van der Waals surface area contributed by atoms with E-state index in [1.54, 1.807) is 6.07 Å². The second kappa shape index (κ2) is 15.9. The zero-order valence-corrected chi connectivity index (χ0v) is 26.8. The van der Waals surface area contributed by atoms with E-state index in [2.05, 4.69) is 5.32 Å². The number of ether oxygens (including phenoxy) is 3. The summed E-state index contributed by atoms with van der Waals surface area (Å²) in [7, 11) is 1.52. The molecule has 2 aromatic carbocycles. The largest absolute Gasteiger partial charge is 0.504 e. The van der Waals surface area contributed by atoms with Gasteiger partial charge >= 0.3 is 5.97 Å². The first kappa shape index (κ1) is 37.5. The summed E-state index contributed by atoms with van der Waals surface area (Å²) < 4.78 is 17.4. The van der Waals surface area contributed by atoms with Crippen LogP contribution in [-0.4, -0.2) is 116 Å². The first-order chi connectivity index (χ1) is 23.3. The number of hydrogen-bond donors (Lipinski definition) is 9. The number of benzene rings is 2. The lowest BCUT2D eigenvalue weighted by molar-refractivity contribution is -0.293. The van der Waals surface area contributed by atoms with Crippen molar-refractivity contribution in [2.24, 2.45) is 11.7 Å². The summed E-state index contributed by atoms with van der Waals surface area (Å²) in [5.74, 6) is -4.68. The van der Waals surface area contributed by atoms with Gasteiger partial charge in [-0.15, -0.1) is 0 Å². The standard InChI is InChI=1S/C34H42N2O13/c1-36-18-34-30(9-8-29(49-34)23(39)6-4-20-13-24(40)25(41)14-21(20)16-37)33(32(45)46,15-27(43)31(34)44)48-17-22(38)5-2-19-3-7-28(26(42)12-19)47-11-10-35/h2-7,12-14,27,29-31,36-37,40-44H,8-11,15-18,35H2,1H3,(H,45,46). The Morgan fingerprint density at radius 3 is 2.43 bits per heavy atom. The number of aliphatic hydroxyl groups excluding tert-OH is 3. The predicted molar refractivity (Wildman–Crippen MR) is 174 cm³/mol. The molecule has 0 amide bonds. The fraction of sp³-hybridized carbons (Fsp3) is 0.441. The minimum absolute atomic E-state index is 0.00345. The monoisotopic (exact) mass is 686 g/mol. The summed E-state index contributed by atoms with van der Waals surface area (Å²) >= 11 is 0. The van der Waals surface area contributed by atoms with Crippen LogP contribution in [0.15, 0.2) is 42.5 Å². The molecule has 6 atom stereocenters. The second-order valence-electron chi connectivity index (χ2n) is 12.0. The maximum atomic E-state index is 13.3. The number of hydrogen-bond acceptors (Lipinski definition) is 14. The van der Waals surface area contributed by atoms with Crippen LogP contribution in [0.1, 0.15) is 36.0 Å². The molecule has 1 heterocycles. The van der Waals surface area contributed by atoms with Crippen molar-refractivity contribution < 1.29 is 64.3 Å². The number of aromatic hydroxyl groups is 3. The van der Waals surface area contributed by atoms with Gasteiger partial charge in [0.05, 0.1) is 12.7 Å². The third-order valence-corrected chi connectivity index (χ3v) is 8.87. The molecule has 15 heteroatoms. The number of carbonyl (C=O) groups is 3. The van der Waals surface area contributed by atoms with Crippen molar-refractivity contribution in [3.63, 3.8) is 0 Å². The van der Waals surface area contributed by atoms with Crippen LogP contribution in [-0.2, 0) is 30.5 Å². The van der Waals surface area contributed by atoms with Gasteiger partial charge in [-0.1, -0.05) is 18.2 Å². The summed E-state index contributed by atoms with van der Waals surface area (Å²) in [6.45, 7) is -0.936. The first-order valence-corrected chi connectivity index (χ1v) is 15.6. The highest BCUT2D eigenvalue weighted by molar-refractivity contribution is 5.97. The number of fused-ring (bicyclic) bond motifs is 1. The summed E-state index contributed by atoms with van der Waals surface area (Å²) in [6, 6.07) is 6.78. The molecule has 1 saturated heterocycles. The lowest BCUT2D eigenvalue weighted by Crippen LogP contribution is -2.75. The van der Waals surface area contributed by atoms with Gasteiger partial charge in [0.2, 0.25) is 0 Å². The Hall–Kier alpha value is -4.35. The molecule has 6 unspecified atom stereocenters. The third-order valence-electron chi connectivity index (χ3n) is 8.87. The van der Waals surface area contributed by atoms with Gasteiger partial charge in [-0.2, -0.15) is 0 Å². The van der Waals surface area contributed by atoms with Crippen LogP contribution in [0.4, 0.5) is 0 Å². The van der Waals surface area contributed by atoms with Crippen LogP contribution < -0.4 is 15.8 Å². The van der Waals surface area contributed by atoms with Gasteiger partial charge in [0.25, 0.3) is 0 Å². The van der Waals surface area contributed by atoms with E-state index in [1.807, 2.05) is 0 Å². The SMILES string of the molecule is CNCC12OC(C(=O)C=Cc3cc(O)c(O)cc3CO)CCC1C(OCC(=O)C=Cc1ccc(OCCN)c(O)c1)(C(=O)O)CC(O)C2O. The number of aliphatic hydroxyl groups is 3. The zero-order chi connectivity index (χ0) is 35.9. The van der Waals surface area contributed by atoms with Crippen LogP contribution in [0.5, 0.6) is 23.0 Å². The Kier molecular flexibility index (Phi) is 12.2. The molecular weight excluding hydrogens is 644 g/mol. The topological polar surface area (TPSA) is 259 Å². The molecule has 0 spiro atoms. The molecule has 1 saturated carbocycles.